The Balaban J connectivity index is 1.78. The highest BCUT2D eigenvalue weighted by Gasteiger charge is 2.13. The lowest BCUT2D eigenvalue weighted by molar-refractivity contribution is 0.389. The molecule has 0 aliphatic carbocycles. The Morgan fingerprint density at radius 2 is 2.15 bits per heavy atom. The van der Waals surface area contributed by atoms with Crippen LogP contribution in [0.4, 0.5) is 10.3 Å². The van der Waals surface area contributed by atoms with Crippen LogP contribution in [0.1, 0.15) is 12.8 Å². The number of hydrogen-bond donors (Lipinski definition) is 3. The normalized spacial score (nSPS) is 16.4. The van der Waals surface area contributed by atoms with Crippen molar-refractivity contribution in [3.63, 3.8) is 0 Å². The van der Waals surface area contributed by atoms with E-state index in [0.29, 0.717) is 17.4 Å². The summed E-state index contributed by atoms with van der Waals surface area (Å²) in [7, 11) is 0. The van der Waals surface area contributed by atoms with Crippen LogP contribution in [0, 0.1) is 11.7 Å². The second-order valence-electron chi connectivity index (χ2n) is 5.15. The van der Waals surface area contributed by atoms with E-state index in [1.807, 2.05) is 0 Å². The Labute approximate surface area is 115 Å². The summed E-state index contributed by atoms with van der Waals surface area (Å²) in [5, 5.41) is 6.76. The monoisotopic (exact) mass is 276 g/mol. The number of nitrogens with zero attached hydrogens (tertiary/aromatic N) is 1. The summed E-state index contributed by atoms with van der Waals surface area (Å²) in [4.78, 5) is 18.9. The third-order valence-electron chi connectivity index (χ3n) is 3.68. The molecule has 1 aliphatic rings. The Morgan fingerprint density at radius 3 is 2.95 bits per heavy atom. The van der Waals surface area contributed by atoms with E-state index in [9.17, 15) is 9.18 Å². The van der Waals surface area contributed by atoms with Gasteiger partial charge in [0.05, 0.1) is 10.9 Å². The smallest absolute Gasteiger partial charge is 0.260 e. The molecule has 0 unspecified atom stereocenters. The fraction of sp³-hybridized carbons (Fsp3) is 0.429. The van der Waals surface area contributed by atoms with Gasteiger partial charge in [0.25, 0.3) is 5.56 Å². The molecule has 20 heavy (non-hydrogen) atoms. The zero-order chi connectivity index (χ0) is 13.9. The fourth-order valence-electron chi connectivity index (χ4n) is 2.52. The lowest BCUT2D eigenvalue weighted by Crippen LogP contribution is -2.31. The van der Waals surface area contributed by atoms with Gasteiger partial charge in [-0.05, 0) is 50.0 Å². The van der Waals surface area contributed by atoms with E-state index in [0.717, 1.165) is 32.5 Å². The van der Waals surface area contributed by atoms with Crippen molar-refractivity contribution in [3.8, 4) is 0 Å². The van der Waals surface area contributed by atoms with Gasteiger partial charge in [-0.1, -0.05) is 0 Å². The summed E-state index contributed by atoms with van der Waals surface area (Å²) in [5.41, 5.74) is 0.185. The van der Waals surface area contributed by atoms with Crippen LogP contribution < -0.4 is 16.2 Å². The standard InChI is InChI=1S/C14H17FN4O/c15-10-1-2-12-11(7-10)13(20)19-14(18-12)17-8-9-3-5-16-6-4-9/h1-2,7,9,16H,3-6,8H2,(H2,17,18,19,20). The first kappa shape index (κ1) is 13.1. The number of aromatic amines is 1. The average molecular weight is 276 g/mol. The molecule has 1 aromatic carbocycles. The van der Waals surface area contributed by atoms with Crippen molar-refractivity contribution in [2.45, 2.75) is 12.8 Å². The number of fused-ring (bicyclic) bond motifs is 1. The van der Waals surface area contributed by atoms with Crippen LogP contribution in [-0.4, -0.2) is 29.6 Å². The second-order valence-corrected chi connectivity index (χ2v) is 5.15. The van der Waals surface area contributed by atoms with Gasteiger partial charge >= 0.3 is 0 Å². The first-order valence-corrected chi connectivity index (χ1v) is 6.86. The van der Waals surface area contributed by atoms with Gasteiger partial charge in [-0.25, -0.2) is 9.37 Å². The Bertz CT molecular complexity index is 664. The fourth-order valence-corrected chi connectivity index (χ4v) is 2.52. The average Bonchev–Trinajstić information content (AvgIpc) is 2.47. The van der Waals surface area contributed by atoms with E-state index in [4.69, 9.17) is 0 Å². The number of nitrogens with one attached hydrogen (secondary N) is 3. The van der Waals surface area contributed by atoms with Crippen LogP contribution in [0.5, 0.6) is 0 Å². The van der Waals surface area contributed by atoms with Gasteiger partial charge in [0.2, 0.25) is 5.95 Å². The number of H-pyrrole nitrogens is 1. The summed E-state index contributed by atoms with van der Waals surface area (Å²) in [6.07, 6.45) is 2.24. The third-order valence-corrected chi connectivity index (χ3v) is 3.68. The molecule has 0 saturated carbocycles. The van der Waals surface area contributed by atoms with Crippen molar-refractivity contribution in [2.24, 2.45) is 5.92 Å². The number of hydrogen-bond acceptors (Lipinski definition) is 4. The van der Waals surface area contributed by atoms with E-state index < -0.39 is 5.82 Å². The van der Waals surface area contributed by atoms with Crippen LogP contribution >= 0.6 is 0 Å². The van der Waals surface area contributed by atoms with Crippen LogP contribution in [-0.2, 0) is 0 Å². The molecule has 0 amide bonds. The Hall–Kier alpha value is -1.95. The summed E-state index contributed by atoms with van der Waals surface area (Å²) in [6.45, 7) is 2.86. The third kappa shape index (κ3) is 2.80. The van der Waals surface area contributed by atoms with Crippen LogP contribution in [0.2, 0.25) is 0 Å². The second kappa shape index (κ2) is 5.58. The van der Waals surface area contributed by atoms with E-state index >= 15 is 0 Å². The minimum absolute atomic E-state index is 0.275. The zero-order valence-corrected chi connectivity index (χ0v) is 11.1. The summed E-state index contributed by atoms with van der Waals surface area (Å²) < 4.78 is 13.1. The quantitative estimate of drug-likeness (QED) is 0.794. The number of anilines is 1. The van der Waals surface area contributed by atoms with Crippen molar-refractivity contribution < 1.29 is 4.39 Å². The van der Waals surface area contributed by atoms with E-state index in [-0.39, 0.29) is 10.9 Å². The molecule has 3 N–H and O–H groups in total. The molecule has 5 nitrogen and oxygen atoms in total. The zero-order valence-electron chi connectivity index (χ0n) is 11.1. The molecule has 6 heteroatoms. The maximum absolute atomic E-state index is 13.1. The van der Waals surface area contributed by atoms with Crippen molar-refractivity contribution in [2.75, 3.05) is 25.0 Å². The molecule has 0 bridgehead atoms. The van der Waals surface area contributed by atoms with Crippen LogP contribution in [0.3, 0.4) is 0 Å². The summed E-state index contributed by atoms with van der Waals surface area (Å²) in [5.74, 6) is 0.610. The largest absolute Gasteiger partial charge is 0.355 e. The molecule has 1 aliphatic heterocycles. The molecule has 3 rings (SSSR count). The SMILES string of the molecule is O=c1[nH]c(NCC2CCNCC2)nc2ccc(F)cc12. The maximum atomic E-state index is 13.1. The van der Waals surface area contributed by atoms with E-state index in [1.165, 1.54) is 18.2 Å². The number of benzene rings is 1. The summed E-state index contributed by atoms with van der Waals surface area (Å²) in [6, 6.07) is 4.04. The van der Waals surface area contributed by atoms with Crippen molar-refractivity contribution >= 4 is 16.9 Å². The van der Waals surface area contributed by atoms with Crippen molar-refractivity contribution in [1.29, 1.82) is 0 Å². The molecule has 2 aromatic rings. The molecular weight excluding hydrogens is 259 g/mol. The molecule has 2 heterocycles. The van der Waals surface area contributed by atoms with Gasteiger partial charge in [0, 0.05) is 6.54 Å². The molecule has 1 saturated heterocycles. The summed E-state index contributed by atoms with van der Waals surface area (Å²) >= 11 is 0. The first-order valence-electron chi connectivity index (χ1n) is 6.86. The van der Waals surface area contributed by atoms with Crippen molar-refractivity contribution in [1.82, 2.24) is 15.3 Å². The molecule has 0 spiro atoms. The molecular formula is C14H17FN4O. The van der Waals surface area contributed by atoms with Gasteiger partial charge in [0.15, 0.2) is 0 Å². The molecule has 0 radical (unpaired) electrons. The van der Waals surface area contributed by atoms with E-state index in [1.54, 1.807) is 0 Å². The predicted molar refractivity (Wildman–Crippen MR) is 76.4 cm³/mol. The highest BCUT2D eigenvalue weighted by Crippen LogP contribution is 2.14. The number of rotatable bonds is 3. The van der Waals surface area contributed by atoms with Gasteiger partial charge in [0.1, 0.15) is 5.82 Å². The highest BCUT2D eigenvalue weighted by molar-refractivity contribution is 5.78. The Morgan fingerprint density at radius 1 is 1.35 bits per heavy atom. The lowest BCUT2D eigenvalue weighted by Gasteiger charge is -2.22. The molecule has 0 atom stereocenters. The minimum atomic E-state index is -0.430. The maximum Gasteiger partial charge on any atom is 0.260 e. The lowest BCUT2D eigenvalue weighted by atomic mass is 9.98. The molecule has 1 aromatic heterocycles. The minimum Gasteiger partial charge on any atom is -0.355 e. The highest BCUT2D eigenvalue weighted by atomic mass is 19.1. The first-order chi connectivity index (χ1) is 9.72. The number of piperidine rings is 1. The van der Waals surface area contributed by atoms with Gasteiger partial charge < -0.3 is 10.6 Å². The Kier molecular flexibility index (Phi) is 3.64. The molecule has 1 fully saturated rings. The molecule has 106 valence electrons. The topological polar surface area (TPSA) is 69.8 Å². The van der Waals surface area contributed by atoms with Gasteiger partial charge in [-0.3, -0.25) is 9.78 Å². The number of aromatic nitrogens is 2. The van der Waals surface area contributed by atoms with Gasteiger partial charge in [-0.15, -0.1) is 0 Å². The predicted octanol–water partition coefficient (Wildman–Crippen LogP) is 1.47. The van der Waals surface area contributed by atoms with Crippen LogP contribution in [0.25, 0.3) is 10.9 Å². The van der Waals surface area contributed by atoms with Crippen LogP contribution in [0.15, 0.2) is 23.0 Å². The number of halogens is 1. The van der Waals surface area contributed by atoms with E-state index in [2.05, 4.69) is 20.6 Å². The van der Waals surface area contributed by atoms with Gasteiger partial charge in [-0.2, -0.15) is 0 Å². The van der Waals surface area contributed by atoms with Crippen molar-refractivity contribution in [3.05, 3.63) is 34.4 Å².